The number of anilines is 1. The topological polar surface area (TPSA) is 84.1 Å². The minimum Gasteiger partial charge on any atom is -0.465 e. The lowest BCUT2D eigenvalue weighted by Crippen LogP contribution is -2.13. The van der Waals surface area contributed by atoms with E-state index >= 15 is 0 Å². The van der Waals surface area contributed by atoms with Gasteiger partial charge in [0.15, 0.2) is 0 Å². The van der Waals surface area contributed by atoms with Gasteiger partial charge in [0.05, 0.1) is 23.4 Å². The van der Waals surface area contributed by atoms with Gasteiger partial charge >= 0.3 is 5.97 Å². The summed E-state index contributed by atoms with van der Waals surface area (Å²) in [6.45, 7) is 0. The van der Waals surface area contributed by atoms with Crippen molar-refractivity contribution in [1.82, 2.24) is 10.2 Å². The fourth-order valence-electron chi connectivity index (χ4n) is 2.31. The summed E-state index contributed by atoms with van der Waals surface area (Å²) in [5.74, 6) is -2.07. The van der Waals surface area contributed by atoms with Crippen LogP contribution in [0.1, 0.15) is 20.8 Å². The van der Waals surface area contributed by atoms with Crippen LogP contribution in [0, 0.1) is 5.82 Å². The van der Waals surface area contributed by atoms with E-state index in [4.69, 9.17) is 11.6 Å². The zero-order valence-corrected chi connectivity index (χ0v) is 14.3. The molecule has 2 N–H and O–H groups in total. The van der Waals surface area contributed by atoms with Crippen LogP contribution in [-0.4, -0.2) is 29.2 Å². The number of nitrogens with zero attached hydrogens (tertiary/aromatic N) is 1. The fourth-order valence-corrected chi connectivity index (χ4v) is 2.55. The van der Waals surface area contributed by atoms with Crippen molar-refractivity contribution in [3.8, 4) is 11.3 Å². The summed E-state index contributed by atoms with van der Waals surface area (Å²) in [4.78, 5) is 23.9. The maximum atomic E-state index is 13.7. The van der Waals surface area contributed by atoms with Gasteiger partial charge in [-0.1, -0.05) is 29.8 Å². The zero-order chi connectivity index (χ0) is 18.7. The molecule has 8 heteroatoms. The second-order valence-electron chi connectivity index (χ2n) is 5.29. The van der Waals surface area contributed by atoms with Crippen molar-refractivity contribution in [2.75, 3.05) is 12.4 Å². The van der Waals surface area contributed by atoms with Crippen LogP contribution in [0.4, 0.5) is 10.1 Å². The number of amides is 1. The van der Waals surface area contributed by atoms with Crippen molar-refractivity contribution in [1.29, 1.82) is 0 Å². The first-order chi connectivity index (χ1) is 12.5. The smallest absolute Gasteiger partial charge is 0.340 e. The Kier molecular flexibility index (Phi) is 4.99. The minimum atomic E-state index is -0.832. The predicted molar refractivity (Wildman–Crippen MR) is 94.7 cm³/mol. The Morgan fingerprint density at radius 2 is 1.96 bits per heavy atom. The molecule has 0 spiro atoms. The van der Waals surface area contributed by atoms with Gasteiger partial charge in [-0.05, 0) is 30.3 Å². The molecule has 0 atom stereocenters. The fraction of sp³-hybridized carbons (Fsp3) is 0.0556. The molecule has 0 aliphatic carbocycles. The number of hydrogen-bond donors (Lipinski definition) is 2. The first kappa shape index (κ1) is 17.6. The van der Waals surface area contributed by atoms with Crippen LogP contribution in [-0.2, 0) is 4.74 Å². The Morgan fingerprint density at radius 1 is 1.19 bits per heavy atom. The first-order valence-corrected chi connectivity index (χ1v) is 7.87. The largest absolute Gasteiger partial charge is 0.465 e. The highest BCUT2D eigenvalue weighted by atomic mass is 35.5. The van der Waals surface area contributed by atoms with Gasteiger partial charge in [-0.3, -0.25) is 9.89 Å². The van der Waals surface area contributed by atoms with E-state index in [9.17, 15) is 14.0 Å². The van der Waals surface area contributed by atoms with Crippen LogP contribution in [0.5, 0.6) is 0 Å². The van der Waals surface area contributed by atoms with Crippen LogP contribution in [0.15, 0.2) is 48.5 Å². The third kappa shape index (κ3) is 3.57. The summed E-state index contributed by atoms with van der Waals surface area (Å²) in [5.41, 5.74) is 1.34. The SMILES string of the molecule is COC(=O)c1cc(NC(=O)c2cc(-c3ccccc3Cl)n[nH]2)ccc1F. The van der Waals surface area contributed by atoms with Gasteiger partial charge in [-0.2, -0.15) is 5.10 Å². The molecule has 0 aliphatic heterocycles. The highest BCUT2D eigenvalue weighted by molar-refractivity contribution is 6.33. The van der Waals surface area contributed by atoms with Gasteiger partial charge in [0, 0.05) is 11.3 Å². The third-order valence-corrected chi connectivity index (χ3v) is 3.93. The summed E-state index contributed by atoms with van der Waals surface area (Å²) in [5, 5.41) is 9.78. The number of H-pyrrole nitrogens is 1. The summed E-state index contributed by atoms with van der Waals surface area (Å²) in [6, 6.07) is 12.3. The number of carbonyl (C=O) groups is 2. The Hall–Kier alpha value is -3.19. The van der Waals surface area contributed by atoms with E-state index in [1.54, 1.807) is 24.3 Å². The molecular formula is C18H13ClFN3O3. The van der Waals surface area contributed by atoms with Crippen LogP contribution in [0.25, 0.3) is 11.3 Å². The number of hydrogen-bond acceptors (Lipinski definition) is 4. The lowest BCUT2D eigenvalue weighted by molar-refractivity contribution is 0.0595. The monoisotopic (exact) mass is 373 g/mol. The molecule has 3 rings (SSSR count). The Balaban J connectivity index is 1.81. The average Bonchev–Trinajstić information content (AvgIpc) is 3.13. The normalized spacial score (nSPS) is 10.4. The van der Waals surface area contributed by atoms with Gasteiger partial charge in [0.1, 0.15) is 11.5 Å². The molecule has 0 saturated heterocycles. The number of nitrogens with one attached hydrogen (secondary N) is 2. The van der Waals surface area contributed by atoms with Crippen molar-refractivity contribution >= 4 is 29.2 Å². The third-order valence-electron chi connectivity index (χ3n) is 3.60. The molecule has 0 unspecified atom stereocenters. The van der Waals surface area contributed by atoms with E-state index in [0.717, 1.165) is 13.2 Å². The maximum absolute atomic E-state index is 13.7. The van der Waals surface area contributed by atoms with E-state index in [2.05, 4.69) is 20.3 Å². The second kappa shape index (κ2) is 7.37. The predicted octanol–water partition coefficient (Wildman–Crippen LogP) is 3.91. The molecule has 6 nitrogen and oxygen atoms in total. The number of aromatic nitrogens is 2. The van der Waals surface area contributed by atoms with Gasteiger partial charge in [0.2, 0.25) is 0 Å². The molecule has 0 aliphatic rings. The summed E-state index contributed by atoms with van der Waals surface area (Å²) in [7, 11) is 1.15. The van der Waals surface area contributed by atoms with Crippen LogP contribution < -0.4 is 5.32 Å². The molecule has 2 aromatic carbocycles. The van der Waals surface area contributed by atoms with E-state index < -0.39 is 17.7 Å². The number of aromatic amines is 1. The Labute approximate surface area is 152 Å². The van der Waals surface area contributed by atoms with Crippen molar-refractivity contribution in [2.24, 2.45) is 0 Å². The van der Waals surface area contributed by atoms with E-state index in [0.29, 0.717) is 16.3 Å². The molecule has 0 radical (unpaired) electrons. The molecule has 0 saturated carbocycles. The Morgan fingerprint density at radius 3 is 2.69 bits per heavy atom. The molecule has 3 aromatic rings. The zero-order valence-electron chi connectivity index (χ0n) is 13.5. The van der Waals surface area contributed by atoms with Gasteiger partial charge in [-0.15, -0.1) is 0 Å². The van der Waals surface area contributed by atoms with Gasteiger partial charge in [0.25, 0.3) is 5.91 Å². The van der Waals surface area contributed by atoms with E-state index in [1.807, 2.05) is 6.07 Å². The molecule has 1 amide bonds. The van der Waals surface area contributed by atoms with Crippen LogP contribution in [0.3, 0.4) is 0 Å². The number of benzene rings is 2. The molecule has 26 heavy (non-hydrogen) atoms. The quantitative estimate of drug-likeness (QED) is 0.679. The van der Waals surface area contributed by atoms with Crippen LogP contribution in [0.2, 0.25) is 5.02 Å². The molecule has 1 aromatic heterocycles. The van der Waals surface area contributed by atoms with E-state index in [-0.39, 0.29) is 16.9 Å². The summed E-state index contributed by atoms with van der Waals surface area (Å²) < 4.78 is 18.2. The van der Waals surface area contributed by atoms with Crippen LogP contribution >= 0.6 is 11.6 Å². The lowest BCUT2D eigenvalue weighted by Gasteiger charge is -2.06. The van der Waals surface area contributed by atoms with Gasteiger partial charge < -0.3 is 10.1 Å². The lowest BCUT2D eigenvalue weighted by atomic mass is 10.1. The average molecular weight is 374 g/mol. The van der Waals surface area contributed by atoms with Crippen molar-refractivity contribution in [3.63, 3.8) is 0 Å². The van der Waals surface area contributed by atoms with Gasteiger partial charge in [-0.25, -0.2) is 9.18 Å². The van der Waals surface area contributed by atoms with Crippen molar-refractivity contribution in [3.05, 3.63) is 70.6 Å². The highest BCUT2D eigenvalue weighted by Gasteiger charge is 2.16. The number of ether oxygens (including phenoxy) is 1. The number of halogens is 2. The number of methoxy groups -OCH3 is 1. The van der Waals surface area contributed by atoms with Crippen molar-refractivity contribution < 1.29 is 18.7 Å². The molecule has 132 valence electrons. The standard InChI is InChI=1S/C18H13ClFN3O3/c1-26-18(25)12-8-10(6-7-14(12)20)21-17(24)16-9-15(22-23-16)11-4-2-3-5-13(11)19/h2-9H,1H3,(H,21,24)(H,22,23). The van der Waals surface area contributed by atoms with E-state index in [1.165, 1.54) is 12.1 Å². The maximum Gasteiger partial charge on any atom is 0.340 e. The summed E-state index contributed by atoms with van der Waals surface area (Å²) in [6.07, 6.45) is 0. The molecular weight excluding hydrogens is 361 g/mol. The molecule has 0 bridgehead atoms. The first-order valence-electron chi connectivity index (χ1n) is 7.49. The second-order valence-corrected chi connectivity index (χ2v) is 5.69. The number of carbonyl (C=O) groups excluding carboxylic acids is 2. The summed E-state index contributed by atoms with van der Waals surface area (Å²) >= 11 is 6.12. The minimum absolute atomic E-state index is 0.184. The number of esters is 1. The highest BCUT2D eigenvalue weighted by Crippen LogP contribution is 2.26. The number of rotatable bonds is 4. The molecule has 1 heterocycles. The molecule has 0 fully saturated rings. The van der Waals surface area contributed by atoms with Crippen molar-refractivity contribution in [2.45, 2.75) is 0 Å². The Bertz CT molecular complexity index is 987.